The largest absolute Gasteiger partial charge is 0.299 e. The Balaban J connectivity index is 2.58. The topological polar surface area (TPSA) is 17.1 Å². The van der Waals surface area contributed by atoms with Crippen LogP contribution in [0.5, 0.6) is 0 Å². The SMILES string of the molecule is C=C(C)CC/C(=C\C=O)C(C)CCc1ccc(C(C)C)cc1. The smallest absolute Gasteiger partial charge is 0.142 e. The third kappa shape index (κ3) is 6.43. The number of allylic oxidation sites excluding steroid dienone is 3. The summed E-state index contributed by atoms with van der Waals surface area (Å²) in [4.78, 5) is 10.8. The lowest BCUT2D eigenvalue weighted by Gasteiger charge is -2.16. The van der Waals surface area contributed by atoms with Crippen molar-refractivity contribution in [3.8, 4) is 0 Å². The first kappa shape index (κ1) is 18.4. The maximum atomic E-state index is 10.8. The van der Waals surface area contributed by atoms with Crippen LogP contribution in [0.2, 0.25) is 0 Å². The van der Waals surface area contributed by atoms with Crippen LogP contribution in [0.4, 0.5) is 0 Å². The highest BCUT2D eigenvalue weighted by Gasteiger charge is 2.09. The van der Waals surface area contributed by atoms with Gasteiger partial charge in [-0.1, -0.05) is 56.2 Å². The van der Waals surface area contributed by atoms with E-state index in [0.29, 0.717) is 11.8 Å². The molecule has 0 aliphatic carbocycles. The Morgan fingerprint density at radius 3 is 2.27 bits per heavy atom. The molecule has 1 aromatic rings. The van der Waals surface area contributed by atoms with Crippen LogP contribution in [0.1, 0.15) is 64.0 Å². The summed E-state index contributed by atoms with van der Waals surface area (Å²) in [6.07, 6.45) is 6.71. The third-order valence-electron chi connectivity index (χ3n) is 4.27. The molecule has 1 rings (SSSR count). The summed E-state index contributed by atoms with van der Waals surface area (Å²) in [5.41, 5.74) is 5.19. The molecular formula is C21H30O. The van der Waals surface area contributed by atoms with Crippen molar-refractivity contribution in [3.05, 3.63) is 59.2 Å². The van der Waals surface area contributed by atoms with Crippen LogP contribution < -0.4 is 0 Å². The number of carbonyl (C=O) groups is 1. The molecule has 22 heavy (non-hydrogen) atoms. The number of hydrogen-bond acceptors (Lipinski definition) is 1. The van der Waals surface area contributed by atoms with Gasteiger partial charge in [0.1, 0.15) is 6.29 Å². The molecule has 1 nitrogen and oxygen atoms in total. The molecule has 1 aromatic carbocycles. The lowest BCUT2D eigenvalue weighted by molar-refractivity contribution is -0.104. The molecule has 1 atom stereocenters. The van der Waals surface area contributed by atoms with Gasteiger partial charge in [-0.15, -0.1) is 6.58 Å². The van der Waals surface area contributed by atoms with E-state index < -0.39 is 0 Å². The predicted molar refractivity (Wildman–Crippen MR) is 96.2 cm³/mol. The van der Waals surface area contributed by atoms with Gasteiger partial charge in [-0.25, -0.2) is 0 Å². The number of benzene rings is 1. The second kappa shape index (κ2) is 9.40. The van der Waals surface area contributed by atoms with E-state index in [1.807, 2.05) is 6.92 Å². The van der Waals surface area contributed by atoms with Gasteiger partial charge in [0.05, 0.1) is 0 Å². The standard InChI is InChI=1S/C21H30O/c1-16(2)6-11-21(14-15-22)18(5)7-8-19-9-12-20(13-10-19)17(3)4/h9-10,12-15,17-18H,1,6-8,11H2,2-5H3/b21-14+. The molecule has 0 amide bonds. The van der Waals surface area contributed by atoms with Gasteiger partial charge in [0, 0.05) is 0 Å². The van der Waals surface area contributed by atoms with Gasteiger partial charge in [0.25, 0.3) is 0 Å². The summed E-state index contributed by atoms with van der Waals surface area (Å²) in [6.45, 7) is 12.6. The Kier molecular flexibility index (Phi) is 7.87. The van der Waals surface area contributed by atoms with E-state index in [2.05, 4.69) is 51.6 Å². The second-order valence-electron chi connectivity index (χ2n) is 6.67. The minimum absolute atomic E-state index is 0.439. The van der Waals surface area contributed by atoms with Crippen molar-refractivity contribution in [1.82, 2.24) is 0 Å². The first-order valence-electron chi connectivity index (χ1n) is 8.31. The molecule has 0 saturated carbocycles. The average molecular weight is 298 g/mol. The monoisotopic (exact) mass is 298 g/mol. The fourth-order valence-electron chi connectivity index (χ4n) is 2.58. The van der Waals surface area contributed by atoms with E-state index in [9.17, 15) is 4.79 Å². The Morgan fingerprint density at radius 1 is 1.14 bits per heavy atom. The van der Waals surface area contributed by atoms with Crippen LogP contribution in [-0.4, -0.2) is 6.29 Å². The lowest BCUT2D eigenvalue weighted by Crippen LogP contribution is -2.03. The van der Waals surface area contributed by atoms with E-state index in [0.717, 1.165) is 32.0 Å². The molecule has 0 heterocycles. The lowest BCUT2D eigenvalue weighted by atomic mass is 9.89. The molecule has 1 heteroatoms. The minimum atomic E-state index is 0.439. The summed E-state index contributed by atoms with van der Waals surface area (Å²) in [7, 11) is 0. The van der Waals surface area contributed by atoms with Gasteiger partial charge in [-0.3, -0.25) is 4.79 Å². The van der Waals surface area contributed by atoms with Crippen LogP contribution in [0, 0.1) is 5.92 Å². The van der Waals surface area contributed by atoms with Gasteiger partial charge in [-0.05, 0) is 61.6 Å². The first-order valence-corrected chi connectivity index (χ1v) is 8.31. The number of aldehydes is 1. The van der Waals surface area contributed by atoms with E-state index in [-0.39, 0.29) is 0 Å². The Labute approximate surface area is 136 Å². The molecule has 0 spiro atoms. The number of hydrogen-bond donors (Lipinski definition) is 0. The van der Waals surface area contributed by atoms with E-state index in [1.54, 1.807) is 6.08 Å². The van der Waals surface area contributed by atoms with Crippen LogP contribution >= 0.6 is 0 Å². The maximum Gasteiger partial charge on any atom is 0.142 e. The number of aryl methyl sites for hydroxylation is 1. The molecule has 1 unspecified atom stereocenters. The minimum Gasteiger partial charge on any atom is -0.299 e. The zero-order valence-electron chi connectivity index (χ0n) is 14.6. The van der Waals surface area contributed by atoms with E-state index in [1.165, 1.54) is 22.3 Å². The third-order valence-corrected chi connectivity index (χ3v) is 4.27. The van der Waals surface area contributed by atoms with E-state index >= 15 is 0 Å². The summed E-state index contributed by atoms with van der Waals surface area (Å²) < 4.78 is 0. The van der Waals surface area contributed by atoms with Crippen LogP contribution in [0.3, 0.4) is 0 Å². The zero-order chi connectivity index (χ0) is 16.5. The van der Waals surface area contributed by atoms with Crippen molar-refractivity contribution < 1.29 is 4.79 Å². The summed E-state index contributed by atoms with van der Waals surface area (Å²) in [5, 5.41) is 0. The van der Waals surface area contributed by atoms with Crippen LogP contribution in [-0.2, 0) is 11.2 Å². The van der Waals surface area contributed by atoms with Gasteiger partial charge < -0.3 is 0 Å². The summed E-state index contributed by atoms with van der Waals surface area (Å²) in [6, 6.07) is 8.93. The maximum absolute atomic E-state index is 10.8. The molecule has 0 fully saturated rings. The molecule has 0 N–H and O–H groups in total. The highest BCUT2D eigenvalue weighted by Crippen LogP contribution is 2.23. The number of rotatable bonds is 9. The molecule has 0 aliphatic heterocycles. The van der Waals surface area contributed by atoms with Crippen molar-refractivity contribution in [1.29, 1.82) is 0 Å². The van der Waals surface area contributed by atoms with Gasteiger partial charge in [0.2, 0.25) is 0 Å². The molecule has 0 bridgehead atoms. The Hall–Kier alpha value is -1.63. The quantitative estimate of drug-likeness (QED) is 0.317. The average Bonchev–Trinajstić information content (AvgIpc) is 2.49. The van der Waals surface area contributed by atoms with Crippen molar-refractivity contribution in [2.45, 2.75) is 59.3 Å². The highest BCUT2D eigenvalue weighted by molar-refractivity contribution is 5.66. The zero-order valence-corrected chi connectivity index (χ0v) is 14.6. The molecule has 0 aromatic heterocycles. The van der Waals surface area contributed by atoms with Crippen molar-refractivity contribution >= 4 is 6.29 Å². The summed E-state index contributed by atoms with van der Waals surface area (Å²) >= 11 is 0. The molecule has 0 radical (unpaired) electrons. The van der Waals surface area contributed by atoms with E-state index in [4.69, 9.17) is 0 Å². The Morgan fingerprint density at radius 2 is 1.77 bits per heavy atom. The van der Waals surface area contributed by atoms with Crippen molar-refractivity contribution in [3.63, 3.8) is 0 Å². The molecule has 0 aliphatic rings. The normalized spacial score (nSPS) is 13.2. The molecular weight excluding hydrogens is 268 g/mol. The molecule has 0 saturated heterocycles. The van der Waals surface area contributed by atoms with Crippen molar-refractivity contribution in [2.24, 2.45) is 5.92 Å². The first-order chi connectivity index (χ1) is 10.4. The summed E-state index contributed by atoms with van der Waals surface area (Å²) in [5.74, 6) is 1.02. The van der Waals surface area contributed by atoms with Gasteiger partial charge >= 0.3 is 0 Å². The number of carbonyl (C=O) groups excluding carboxylic acids is 1. The fourth-order valence-corrected chi connectivity index (χ4v) is 2.58. The van der Waals surface area contributed by atoms with Gasteiger partial charge in [0.15, 0.2) is 0 Å². The van der Waals surface area contributed by atoms with Crippen LogP contribution in [0.25, 0.3) is 0 Å². The fraction of sp³-hybridized carbons (Fsp3) is 0.476. The van der Waals surface area contributed by atoms with Gasteiger partial charge in [-0.2, -0.15) is 0 Å². The Bertz CT molecular complexity index is 505. The van der Waals surface area contributed by atoms with Crippen LogP contribution in [0.15, 0.2) is 48.1 Å². The van der Waals surface area contributed by atoms with Crippen molar-refractivity contribution in [2.75, 3.05) is 0 Å². The highest BCUT2D eigenvalue weighted by atomic mass is 16.1. The molecule has 120 valence electrons. The second-order valence-corrected chi connectivity index (χ2v) is 6.67. The predicted octanol–water partition coefficient (Wildman–Crippen LogP) is 5.86.